The summed E-state index contributed by atoms with van der Waals surface area (Å²) in [4.78, 5) is 4.48. The second-order valence-corrected chi connectivity index (χ2v) is 8.57. The van der Waals surface area contributed by atoms with Gasteiger partial charge >= 0.3 is 0 Å². The summed E-state index contributed by atoms with van der Waals surface area (Å²) in [5.74, 6) is 0. The van der Waals surface area contributed by atoms with Crippen molar-refractivity contribution in [1.82, 2.24) is 23.4 Å². The molecular formula is C17H25N5O2S. The van der Waals surface area contributed by atoms with E-state index in [0.717, 1.165) is 42.8 Å². The lowest BCUT2D eigenvalue weighted by atomic mass is 10.1. The molecule has 7 nitrogen and oxygen atoms in total. The Kier molecular flexibility index (Phi) is 5.21. The highest BCUT2D eigenvalue weighted by Crippen LogP contribution is 2.35. The fourth-order valence-corrected chi connectivity index (χ4v) is 4.62. The van der Waals surface area contributed by atoms with E-state index in [1.54, 1.807) is 30.8 Å². The zero-order valence-electron chi connectivity index (χ0n) is 15.0. The first-order chi connectivity index (χ1) is 11.9. The third-order valence-corrected chi connectivity index (χ3v) is 6.50. The highest BCUT2D eigenvalue weighted by Gasteiger charge is 2.36. The molecule has 0 amide bonds. The minimum absolute atomic E-state index is 0.142. The smallest absolute Gasteiger partial charge is 0.263 e. The van der Waals surface area contributed by atoms with Gasteiger partial charge in [0.05, 0.1) is 17.4 Å². The maximum atomic E-state index is 12.6. The number of aryl methyl sites for hydroxylation is 1. The number of aromatic nitrogens is 3. The predicted molar refractivity (Wildman–Crippen MR) is 97.0 cm³/mol. The van der Waals surface area contributed by atoms with Crippen molar-refractivity contribution in [2.75, 3.05) is 20.6 Å². The molecule has 1 atom stereocenters. The fraction of sp³-hybridized carbons (Fsp3) is 0.529. The predicted octanol–water partition coefficient (Wildman–Crippen LogP) is 2.30. The van der Waals surface area contributed by atoms with E-state index in [1.165, 1.54) is 4.31 Å². The maximum absolute atomic E-state index is 12.6. The first kappa shape index (κ1) is 18.0. The molecule has 0 unspecified atom stereocenters. The van der Waals surface area contributed by atoms with Gasteiger partial charge in [0, 0.05) is 39.6 Å². The number of rotatable bonds is 6. The third kappa shape index (κ3) is 3.47. The summed E-state index contributed by atoms with van der Waals surface area (Å²) in [6.45, 7) is 3.49. The normalized spacial score (nSPS) is 19.0. The molecule has 0 bridgehead atoms. The van der Waals surface area contributed by atoms with Crippen molar-refractivity contribution in [2.45, 2.75) is 38.8 Å². The Bertz CT molecular complexity index is 831. The van der Waals surface area contributed by atoms with Crippen molar-refractivity contribution in [3.05, 3.63) is 36.2 Å². The summed E-state index contributed by atoms with van der Waals surface area (Å²) in [5, 5.41) is 4.35. The molecule has 0 aliphatic carbocycles. The van der Waals surface area contributed by atoms with Crippen molar-refractivity contribution < 1.29 is 8.42 Å². The van der Waals surface area contributed by atoms with Gasteiger partial charge < -0.3 is 0 Å². The van der Waals surface area contributed by atoms with E-state index in [1.807, 2.05) is 22.9 Å². The maximum Gasteiger partial charge on any atom is 0.282 e. The van der Waals surface area contributed by atoms with Gasteiger partial charge in [0.25, 0.3) is 10.2 Å². The molecule has 8 heteroatoms. The van der Waals surface area contributed by atoms with Crippen LogP contribution in [0.4, 0.5) is 0 Å². The Balaban J connectivity index is 1.95. The first-order valence-electron chi connectivity index (χ1n) is 8.62. The van der Waals surface area contributed by atoms with Gasteiger partial charge in [0.15, 0.2) is 0 Å². The minimum Gasteiger partial charge on any atom is -0.263 e. The van der Waals surface area contributed by atoms with E-state index < -0.39 is 10.2 Å². The van der Waals surface area contributed by atoms with Crippen molar-refractivity contribution in [3.8, 4) is 11.4 Å². The quantitative estimate of drug-likeness (QED) is 0.789. The van der Waals surface area contributed by atoms with Crippen LogP contribution in [-0.2, 0) is 16.8 Å². The van der Waals surface area contributed by atoms with Crippen LogP contribution < -0.4 is 0 Å². The Hall–Kier alpha value is -1.77. The van der Waals surface area contributed by atoms with Gasteiger partial charge in [-0.2, -0.15) is 22.1 Å². The largest absolute Gasteiger partial charge is 0.282 e. The second kappa shape index (κ2) is 7.23. The highest BCUT2D eigenvalue weighted by atomic mass is 32.2. The van der Waals surface area contributed by atoms with Gasteiger partial charge in [-0.3, -0.25) is 9.67 Å². The molecule has 2 aromatic heterocycles. The van der Waals surface area contributed by atoms with E-state index >= 15 is 0 Å². The lowest BCUT2D eigenvalue weighted by Gasteiger charge is -2.27. The van der Waals surface area contributed by atoms with E-state index in [2.05, 4.69) is 17.0 Å². The molecule has 1 saturated heterocycles. The molecule has 0 aromatic carbocycles. The van der Waals surface area contributed by atoms with E-state index in [-0.39, 0.29) is 6.04 Å². The van der Waals surface area contributed by atoms with Crippen LogP contribution in [0.2, 0.25) is 0 Å². The number of pyridine rings is 1. The standard InChI is InChI=1S/C17H25N5O2S/c1-4-11-21-17(8-10-19-21)15-13-14(7-9-18-15)16-6-5-12-22(16)25(23,24)20(2)3/h7-10,13,16H,4-6,11-12H2,1-3H3/t16-/m0/s1. The van der Waals surface area contributed by atoms with Crippen LogP contribution in [0.5, 0.6) is 0 Å². The fourth-order valence-electron chi connectivity index (χ4n) is 3.29. The third-order valence-electron chi connectivity index (χ3n) is 4.54. The zero-order chi connectivity index (χ0) is 18.0. The van der Waals surface area contributed by atoms with Gasteiger partial charge in [0.1, 0.15) is 0 Å². The molecule has 1 fully saturated rings. The second-order valence-electron chi connectivity index (χ2n) is 6.47. The molecule has 136 valence electrons. The number of hydrogen-bond acceptors (Lipinski definition) is 4. The Morgan fingerprint density at radius 3 is 2.80 bits per heavy atom. The van der Waals surface area contributed by atoms with E-state index in [4.69, 9.17) is 0 Å². The SMILES string of the molecule is CCCn1nccc1-c1cc([C@@H]2CCCN2S(=O)(=O)N(C)C)ccn1. The monoisotopic (exact) mass is 363 g/mol. The Morgan fingerprint density at radius 1 is 1.28 bits per heavy atom. The molecule has 3 heterocycles. The molecule has 1 aliphatic heterocycles. The van der Waals surface area contributed by atoms with Crippen LogP contribution >= 0.6 is 0 Å². The summed E-state index contributed by atoms with van der Waals surface area (Å²) in [5.41, 5.74) is 2.78. The van der Waals surface area contributed by atoms with Crippen LogP contribution in [-0.4, -0.2) is 52.4 Å². The lowest BCUT2D eigenvalue weighted by Crippen LogP contribution is -2.39. The van der Waals surface area contributed by atoms with Crippen LogP contribution in [0.1, 0.15) is 37.8 Å². The summed E-state index contributed by atoms with van der Waals surface area (Å²) in [7, 11) is -0.278. The van der Waals surface area contributed by atoms with Gasteiger partial charge in [0.2, 0.25) is 0 Å². The molecule has 25 heavy (non-hydrogen) atoms. The van der Waals surface area contributed by atoms with Crippen LogP contribution in [0.25, 0.3) is 11.4 Å². The Labute approximate surface area is 149 Å². The molecule has 0 radical (unpaired) electrons. The zero-order valence-corrected chi connectivity index (χ0v) is 15.8. The van der Waals surface area contributed by atoms with Crippen LogP contribution in [0, 0.1) is 0 Å². The molecule has 2 aromatic rings. The van der Waals surface area contributed by atoms with Gasteiger partial charge in [-0.05, 0) is 43.0 Å². The number of hydrogen-bond donors (Lipinski definition) is 0. The molecular weight excluding hydrogens is 338 g/mol. The molecule has 0 saturated carbocycles. The van der Waals surface area contributed by atoms with Crippen LogP contribution in [0.15, 0.2) is 30.6 Å². The minimum atomic E-state index is -3.43. The molecule has 0 N–H and O–H groups in total. The highest BCUT2D eigenvalue weighted by molar-refractivity contribution is 7.86. The first-order valence-corrected chi connectivity index (χ1v) is 10.0. The lowest BCUT2D eigenvalue weighted by molar-refractivity contribution is 0.362. The van der Waals surface area contributed by atoms with Crippen molar-refractivity contribution in [2.24, 2.45) is 0 Å². The average Bonchev–Trinajstić information content (AvgIpc) is 3.24. The van der Waals surface area contributed by atoms with Gasteiger partial charge in [-0.1, -0.05) is 6.92 Å². The van der Waals surface area contributed by atoms with Crippen molar-refractivity contribution in [1.29, 1.82) is 0 Å². The van der Waals surface area contributed by atoms with Crippen LogP contribution in [0.3, 0.4) is 0 Å². The number of nitrogens with zero attached hydrogens (tertiary/aromatic N) is 5. The molecule has 3 rings (SSSR count). The van der Waals surface area contributed by atoms with Gasteiger partial charge in [-0.15, -0.1) is 0 Å². The molecule has 0 spiro atoms. The summed E-state index contributed by atoms with van der Waals surface area (Å²) >= 11 is 0. The van der Waals surface area contributed by atoms with Crippen molar-refractivity contribution >= 4 is 10.2 Å². The topological polar surface area (TPSA) is 71.3 Å². The summed E-state index contributed by atoms with van der Waals surface area (Å²) in [6.07, 6.45) is 6.21. The Morgan fingerprint density at radius 2 is 2.08 bits per heavy atom. The van der Waals surface area contributed by atoms with Gasteiger partial charge in [-0.25, -0.2) is 0 Å². The summed E-state index contributed by atoms with van der Waals surface area (Å²) in [6, 6.07) is 5.72. The van der Waals surface area contributed by atoms with E-state index in [9.17, 15) is 8.42 Å². The average molecular weight is 363 g/mol. The molecule has 1 aliphatic rings. The van der Waals surface area contributed by atoms with Crippen molar-refractivity contribution in [3.63, 3.8) is 0 Å². The van der Waals surface area contributed by atoms with E-state index in [0.29, 0.717) is 6.54 Å². The summed E-state index contributed by atoms with van der Waals surface area (Å²) < 4.78 is 30.0.